The van der Waals surface area contributed by atoms with Crippen LogP contribution in [0.4, 0.5) is 0 Å². The van der Waals surface area contributed by atoms with Crippen molar-refractivity contribution in [2.24, 2.45) is 7.05 Å². The smallest absolute Gasteiger partial charge is 0.161 e. The SMILES string of the molecule is C=Cc1ccc2c(c(C(C)=O)cn2C)c1C. The number of carbonyl (C=O) groups is 1. The van der Waals surface area contributed by atoms with Gasteiger partial charge in [0.05, 0.1) is 0 Å². The van der Waals surface area contributed by atoms with Gasteiger partial charge >= 0.3 is 0 Å². The standard InChI is InChI=1S/C14H15NO/c1-5-11-6-7-13-14(9(11)2)12(10(3)16)8-15(13)4/h5-8H,1H2,2-4H3. The first-order chi connectivity index (χ1) is 7.56. The first-order valence-corrected chi connectivity index (χ1v) is 5.28. The Morgan fingerprint density at radius 3 is 2.69 bits per heavy atom. The molecule has 0 saturated heterocycles. The molecular formula is C14H15NO. The van der Waals surface area contributed by atoms with Crippen molar-refractivity contribution in [3.8, 4) is 0 Å². The third-order valence-electron chi connectivity index (χ3n) is 3.06. The molecule has 2 aromatic rings. The van der Waals surface area contributed by atoms with Gasteiger partial charge in [0, 0.05) is 29.7 Å². The molecule has 0 unspecified atom stereocenters. The van der Waals surface area contributed by atoms with E-state index in [2.05, 4.69) is 6.58 Å². The lowest BCUT2D eigenvalue weighted by atomic mass is 10.0. The summed E-state index contributed by atoms with van der Waals surface area (Å²) >= 11 is 0. The van der Waals surface area contributed by atoms with Gasteiger partial charge in [0.15, 0.2) is 5.78 Å². The van der Waals surface area contributed by atoms with Gasteiger partial charge in [-0.25, -0.2) is 0 Å². The number of rotatable bonds is 2. The zero-order valence-electron chi connectivity index (χ0n) is 9.87. The minimum atomic E-state index is 0.106. The van der Waals surface area contributed by atoms with Crippen LogP contribution in [0.1, 0.15) is 28.4 Å². The van der Waals surface area contributed by atoms with Gasteiger partial charge in [-0.1, -0.05) is 18.7 Å². The van der Waals surface area contributed by atoms with Crippen LogP contribution < -0.4 is 0 Å². The molecule has 2 heteroatoms. The molecule has 0 aliphatic rings. The van der Waals surface area contributed by atoms with E-state index < -0.39 is 0 Å². The summed E-state index contributed by atoms with van der Waals surface area (Å²) in [4.78, 5) is 11.6. The highest BCUT2D eigenvalue weighted by Crippen LogP contribution is 2.27. The van der Waals surface area contributed by atoms with Crippen LogP contribution in [0, 0.1) is 6.92 Å². The van der Waals surface area contributed by atoms with Crippen LogP contribution in [0.15, 0.2) is 24.9 Å². The van der Waals surface area contributed by atoms with Gasteiger partial charge in [-0.15, -0.1) is 0 Å². The van der Waals surface area contributed by atoms with Crippen molar-refractivity contribution >= 4 is 22.8 Å². The molecule has 1 aromatic carbocycles. The fourth-order valence-electron chi connectivity index (χ4n) is 2.16. The molecule has 0 aliphatic carbocycles. The molecule has 2 nitrogen and oxygen atoms in total. The highest BCUT2D eigenvalue weighted by Gasteiger charge is 2.13. The summed E-state index contributed by atoms with van der Waals surface area (Å²) in [5, 5.41) is 1.05. The first kappa shape index (κ1) is 10.7. The van der Waals surface area contributed by atoms with Gasteiger partial charge in [-0.05, 0) is 31.0 Å². The van der Waals surface area contributed by atoms with Crippen LogP contribution >= 0.6 is 0 Å². The monoisotopic (exact) mass is 213 g/mol. The molecule has 16 heavy (non-hydrogen) atoms. The Hall–Kier alpha value is -1.83. The van der Waals surface area contributed by atoms with Crippen molar-refractivity contribution in [3.63, 3.8) is 0 Å². The second-order valence-electron chi connectivity index (χ2n) is 4.09. The Balaban J connectivity index is 2.94. The van der Waals surface area contributed by atoms with Crippen LogP contribution in [0.2, 0.25) is 0 Å². The molecule has 0 amide bonds. The zero-order valence-corrected chi connectivity index (χ0v) is 9.87. The van der Waals surface area contributed by atoms with Gasteiger partial charge in [0.2, 0.25) is 0 Å². The Morgan fingerprint density at radius 1 is 1.44 bits per heavy atom. The molecule has 82 valence electrons. The molecule has 0 fully saturated rings. The number of hydrogen-bond acceptors (Lipinski definition) is 1. The molecule has 0 atom stereocenters. The predicted octanol–water partition coefficient (Wildman–Crippen LogP) is 3.33. The normalized spacial score (nSPS) is 10.7. The predicted molar refractivity (Wildman–Crippen MR) is 67.8 cm³/mol. The van der Waals surface area contributed by atoms with E-state index >= 15 is 0 Å². The van der Waals surface area contributed by atoms with Crippen LogP contribution in [0.25, 0.3) is 17.0 Å². The maximum Gasteiger partial charge on any atom is 0.161 e. The number of ketones is 1. The summed E-state index contributed by atoms with van der Waals surface area (Å²) in [6.45, 7) is 7.43. The van der Waals surface area contributed by atoms with Gasteiger partial charge in [-0.2, -0.15) is 0 Å². The molecule has 0 bridgehead atoms. The molecule has 0 aliphatic heterocycles. The Morgan fingerprint density at radius 2 is 2.12 bits per heavy atom. The molecule has 0 saturated carbocycles. The van der Waals surface area contributed by atoms with Gasteiger partial charge in [0.25, 0.3) is 0 Å². The minimum absolute atomic E-state index is 0.106. The molecule has 1 aromatic heterocycles. The van der Waals surface area contributed by atoms with Crippen molar-refractivity contribution in [1.29, 1.82) is 0 Å². The summed E-state index contributed by atoms with van der Waals surface area (Å²) in [5.74, 6) is 0.106. The second-order valence-corrected chi connectivity index (χ2v) is 4.09. The number of hydrogen-bond donors (Lipinski definition) is 0. The second kappa shape index (κ2) is 3.63. The van der Waals surface area contributed by atoms with Crippen molar-refractivity contribution in [1.82, 2.24) is 4.57 Å². The average Bonchev–Trinajstić information content (AvgIpc) is 2.58. The van der Waals surface area contributed by atoms with E-state index in [0.29, 0.717) is 0 Å². The lowest BCUT2D eigenvalue weighted by molar-refractivity contribution is 0.101. The molecule has 0 radical (unpaired) electrons. The van der Waals surface area contributed by atoms with Gasteiger partial charge in [-0.3, -0.25) is 4.79 Å². The largest absolute Gasteiger partial charge is 0.350 e. The maximum atomic E-state index is 11.6. The van der Waals surface area contributed by atoms with Crippen molar-refractivity contribution in [2.45, 2.75) is 13.8 Å². The highest BCUT2D eigenvalue weighted by atomic mass is 16.1. The van der Waals surface area contributed by atoms with Crippen LogP contribution in [0.3, 0.4) is 0 Å². The summed E-state index contributed by atoms with van der Waals surface area (Å²) in [5.41, 5.74) is 4.09. The van der Waals surface area contributed by atoms with E-state index in [1.165, 1.54) is 0 Å². The van der Waals surface area contributed by atoms with E-state index in [0.717, 1.165) is 27.6 Å². The Labute approximate surface area is 95.2 Å². The number of aromatic nitrogens is 1. The number of benzene rings is 1. The fraction of sp³-hybridized carbons (Fsp3) is 0.214. The maximum absolute atomic E-state index is 11.6. The highest BCUT2D eigenvalue weighted by molar-refractivity contribution is 6.08. The molecule has 1 heterocycles. The van der Waals surface area contributed by atoms with Gasteiger partial charge < -0.3 is 4.57 Å². The van der Waals surface area contributed by atoms with Gasteiger partial charge in [0.1, 0.15) is 0 Å². The van der Waals surface area contributed by atoms with E-state index in [-0.39, 0.29) is 5.78 Å². The third-order valence-corrected chi connectivity index (χ3v) is 3.06. The average molecular weight is 213 g/mol. The first-order valence-electron chi connectivity index (χ1n) is 5.28. The topological polar surface area (TPSA) is 22.0 Å². The number of Topliss-reactive ketones (excluding diaryl/α,β-unsaturated/α-hetero) is 1. The van der Waals surface area contributed by atoms with Crippen LogP contribution in [0.5, 0.6) is 0 Å². The van der Waals surface area contributed by atoms with Crippen LogP contribution in [-0.4, -0.2) is 10.4 Å². The third kappa shape index (κ3) is 1.38. The number of nitrogens with zero attached hydrogens (tertiary/aromatic N) is 1. The van der Waals surface area contributed by atoms with E-state index in [1.54, 1.807) is 6.92 Å². The summed E-state index contributed by atoms with van der Waals surface area (Å²) in [7, 11) is 1.96. The lowest BCUT2D eigenvalue weighted by Gasteiger charge is -2.04. The molecular weight excluding hydrogens is 198 g/mol. The Bertz CT molecular complexity index is 590. The molecule has 0 spiro atoms. The minimum Gasteiger partial charge on any atom is -0.350 e. The fourth-order valence-corrected chi connectivity index (χ4v) is 2.16. The van der Waals surface area contributed by atoms with Crippen molar-refractivity contribution < 1.29 is 4.79 Å². The van der Waals surface area contributed by atoms with E-state index in [4.69, 9.17) is 0 Å². The Kier molecular flexibility index (Phi) is 2.43. The summed E-state index contributed by atoms with van der Waals surface area (Å²) < 4.78 is 1.99. The van der Waals surface area contributed by atoms with Crippen molar-refractivity contribution in [2.75, 3.05) is 0 Å². The van der Waals surface area contributed by atoms with Crippen molar-refractivity contribution in [3.05, 3.63) is 41.6 Å². The zero-order chi connectivity index (χ0) is 11.9. The number of aryl methyl sites for hydroxylation is 2. The summed E-state index contributed by atoms with van der Waals surface area (Å²) in [6, 6.07) is 4.07. The number of carbonyl (C=O) groups excluding carboxylic acids is 1. The summed E-state index contributed by atoms with van der Waals surface area (Å²) in [6.07, 6.45) is 3.72. The number of fused-ring (bicyclic) bond motifs is 1. The lowest BCUT2D eigenvalue weighted by Crippen LogP contribution is -1.91. The molecule has 0 N–H and O–H groups in total. The quantitative estimate of drug-likeness (QED) is 0.701. The van der Waals surface area contributed by atoms with E-state index in [9.17, 15) is 4.79 Å². The van der Waals surface area contributed by atoms with Crippen LogP contribution in [-0.2, 0) is 7.05 Å². The molecule has 2 rings (SSSR count). The van der Waals surface area contributed by atoms with E-state index in [1.807, 2.05) is 42.9 Å².